The van der Waals surface area contributed by atoms with E-state index in [1.165, 1.54) is 12.1 Å². The van der Waals surface area contributed by atoms with Gasteiger partial charge in [0.15, 0.2) is 0 Å². The summed E-state index contributed by atoms with van der Waals surface area (Å²) in [5, 5.41) is 0. The highest BCUT2D eigenvalue weighted by Crippen LogP contribution is 2.31. The smallest absolute Gasteiger partial charge is 0.416 e. The Morgan fingerprint density at radius 2 is 2.11 bits per heavy atom. The third kappa shape index (κ3) is 3.03. The molecule has 0 aliphatic carbocycles. The van der Waals surface area contributed by atoms with Crippen molar-refractivity contribution in [2.75, 3.05) is 0 Å². The molecule has 1 aromatic heterocycles. The molecule has 0 aliphatic heterocycles. The monoisotopic (exact) mass is 256 g/mol. The largest absolute Gasteiger partial charge is 0.487 e. The van der Waals surface area contributed by atoms with E-state index in [4.69, 9.17) is 4.74 Å². The lowest BCUT2D eigenvalue weighted by Gasteiger charge is -2.09. The number of benzene rings is 1. The second kappa shape index (κ2) is 4.72. The third-order valence-corrected chi connectivity index (χ3v) is 2.31. The van der Waals surface area contributed by atoms with Crippen LogP contribution in [0.3, 0.4) is 0 Å². The van der Waals surface area contributed by atoms with Crippen molar-refractivity contribution >= 4 is 0 Å². The number of alkyl halides is 3. The molecule has 0 saturated carbocycles. The summed E-state index contributed by atoms with van der Waals surface area (Å²) in [6, 6.07) is 4.78. The summed E-state index contributed by atoms with van der Waals surface area (Å²) in [6.07, 6.45) is -1.01. The highest BCUT2D eigenvalue weighted by atomic mass is 19.4. The first-order chi connectivity index (χ1) is 8.45. The molecular weight excluding hydrogens is 245 g/mol. The van der Waals surface area contributed by atoms with Crippen molar-refractivity contribution in [3.63, 3.8) is 0 Å². The molecule has 0 saturated heterocycles. The van der Waals surface area contributed by atoms with E-state index in [-0.39, 0.29) is 12.4 Å². The average Bonchev–Trinajstić information content (AvgIpc) is 2.72. The summed E-state index contributed by atoms with van der Waals surface area (Å²) in [5.74, 6) is 0.176. The lowest BCUT2D eigenvalue weighted by atomic mass is 10.2. The van der Waals surface area contributed by atoms with Crippen LogP contribution in [0.1, 0.15) is 11.3 Å². The standard InChI is InChI=1S/C12H11F3N2O/c1-17-6-10(16-8-17)7-18-11-4-2-3-9(5-11)12(13,14)15/h2-6,8H,7H2,1H3. The van der Waals surface area contributed by atoms with Crippen LogP contribution in [0.25, 0.3) is 0 Å². The molecule has 0 fully saturated rings. The van der Waals surface area contributed by atoms with E-state index in [2.05, 4.69) is 4.98 Å². The van der Waals surface area contributed by atoms with Crippen LogP contribution in [0.2, 0.25) is 0 Å². The van der Waals surface area contributed by atoms with Crippen LogP contribution >= 0.6 is 0 Å². The zero-order valence-corrected chi connectivity index (χ0v) is 9.61. The SMILES string of the molecule is Cn1cnc(COc2cccc(C(F)(F)F)c2)c1. The van der Waals surface area contributed by atoms with Gasteiger partial charge in [0.1, 0.15) is 12.4 Å². The van der Waals surface area contributed by atoms with E-state index in [0.717, 1.165) is 12.1 Å². The van der Waals surface area contributed by atoms with Gasteiger partial charge < -0.3 is 9.30 Å². The molecule has 2 aromatic rings. The highest BCUT2D eigenvalue weighted by Gasteiger charge is 2.30. The number of hydrogen-bond donors (Lipinski definition) is 0. The molecule has 18 heavy (non-hydrogen) atoms. The van der Waals surface area contributed by atoms with Gasteiger partial charge in [-0.25, -0.2) is 4.98 Å². The Morgan fingerprint density at radius 1 is 1.33 bits per heavy atom. The zero-order valence-electron chi connectivity index (χ0n) is 9.61. The molecule has 0 aliphatic rings. The summed E-state index contributed by atoms with van der Waals surface area (Å²) in [6.45, 7) is 0.141. The normalized spacial score (nSPS) is 11.6. The fourth-order valence-electron chi connectivity index (χ4n) is 1.46. The van der Waals surface area contributed by atoms with E-state index in [0.29, 0.717) is 5.69 Å². The van der Waals surface area contributed by atoms with E-state index in [9.17, 15) is 13.2 Å². The Balaban J connectivity index is 2.06. The van der Waals surface area contributed by atoms with Crippen LogP contribution in [-0.2, 0) is 19.8 Å². The minimum atomic E-state index is -4.36. The van der Waals surface area contributed by atoms with Crippen LogP contribution in [0.4, 0.5) is 13.2 Å². The van der Waals surface area contributed by atoms with Gasteiger partial charge in [0.2, 0.25) is 0 Å². The molecule has 3 nitrogen and oxygen atoms in total. The maximum atomic E-state index is 12.5. The molecule has 1 heterocycles. The van der Waals surface area contributed by atoms with Crippen molar-refractivity contribution in [2.24, 2.45) is 7.05 Å². The van der Waals surface area contributed by atoms with Gasteiger partial charge in [-0.1, -0.05) is 6.07 Å². The molecule has 96 valence electrons. The summed E-state index contributed by atoms with van der Waals surface area (Å²) >= 11 is 0. The summed E-state index contributed by atoms with van der Waals surface area (Å²) in [7, 11) is 1.81. The van der Waals surface area contributed by atoms with Crippen molar-refractivity contribution in [3.05, 3.63) is 48.0 Å². The van der Waals surface area contributed by atoms with Gasteiger partial charge in [-0.05, 0) is 18.2 Å². The number of rotatable bonds is 3. The number of aromatic nitrogens is 2. The summed E-state index contributed by atoms with van der Waals surface area (Å²) in [4.78, 5) is 4.02. The fourth-order valence-corrected chi connectivity index (χ4v) is 1.46. The van der Waals surface area contributed by atoms with Crippen LogP contribution < -0.4 is 4.74 Å². The molecule has 0 unspecified atom stereocenters. The number of ether oxygens (including phenoxy) is 1. The van der Waals surface area contributed by atoms with Gasteiger partial charge in [-0.3, -0.25) is 0 Å². The number of nitrogens with zero attached hydrogens (tertiary/aromatic N) is 2. The molecule has 0 amide bonds. The highest BCUT2D eigenvalue weighted by molar-refractivity contribution is 5.30. The van der Waals surface area contributed by atoms with Crippen molar-refractivity contribution in [3.8, 4) is 5.75 Å². The van der Waals surface area contributed by atoms with Gasteiger partial charge in [-0.15, -0.1) is 0 Å². The van der Waals surface area contributed by atoms with Crippen LogP contribution in [0.5, 0.6) is 5.75 Å². The second-order valence-corrected chi connectivity index (χ2v) is 3.84. The first-order valence-corrected chi connectivity index (χ1v) is 5.22. The number of hydrogen-bond acceptors (Lipinski definition) is 2. The summed E-state index contributed by atoms with van der Waals surface area (Å²) < 4.78 is 44.4. The second-order valence-electron chi connectivity index (χ2n) is 3.84. The van der Waals surface area contributed by atoms with E-state index >= 15 is 0 Å². The summed E-state index contributed by atoms with van der Waals surface area (Å²) in [5.41, 5.74) is -0.0593. The van der Waals surface area contributed by atoms with Crippen LogP contribution in [0.15, 0.2) is 36.8 Å². The van der Waals surface area contributed by atoms with Gasteiger partial charge in [0.25, 0.3) is 0 Å². The number of aryl methyl sites for hydroxylation is 1. The molecule has 0 atom stereocenters. The van der Waals surface area contributed by atoms with Gasteiger partial charge in [-0.2, -0.15) is 13.2 Å². The Labute approximate surface area is 102 Å². The van der Waals surface area contributed by atoms with Crippen molar-refractivity contribution < 1.29 is 17.9 Å². The number of halogens is 3. The van der Waals surface area contributed by atoms with Crippen molar-refractivity contribution in [1.82, 2.24) is 9.55 Å². The van der Waals surface area contributed by atoms with Crippen molar-refractivity contribution in [2.45, 2.75) is 12.8 Å². The topological polar surface area (TPSA) is 27.1 Å². The first-order valence-electron chi connectivity index (χ1n) is 5.22. The maximum Gasteiger partial charge on any atom is 0.416 e. The van der Waals surface area contributed by atoms with Gasteiger partial charge in [0.05, 0.1) is 17.6 Å². The van der Waals surface area contributed by atoms with E-state index in [1.807, 2.05) is 0 Å². The minimum absolute atomic E-state index is 0.141. The average molecular weight is 256 g/mol. The molecule has 0 radical (unpaired) electrons. The lowest BCUT2D eigenvalue weighted by Crippen LogP contribution is -2.05. The molecule has 6 heteroatoms. The quantitative estimate of drug-likeness (QED) is 0.844. The molecule has 2 rings (SSSR count). The maximum absolute atomic E-state index is 12.5. The van der Waals surface area contributed by atoms with Crippen molar-refractivity contribution in [1.29, 1.82) is 0 Å². The predicted octanol–water partition coefficient (Wildman–Crippen LogP) is 3.02. The minimum Gasteiger partial charge on any atom is -0.487 e. The van der Waals surface area contributed by atoms with Crippen LogP contribution in [0, 0.1) is 0 Å². The Kier molecular flexibility index (Phi) is 3.27. The molecule has 0 bridgehead atoms. The first kappa shape index (κ1) is 12.5. The van der Waals surface area contributed by atoms with Gasteiger partial charge in [0, 0.05) is 13.2 Å². The Morgan fingerprint density at radius 3 is 2.72 bits per heavy atom. The molecule has 0 spiro atoms. The fraction of sp³-hybridized carbons (Fsp3) is 0.250. The third-order valence-electron chi connectivity index (χ3n) is 2.31. The zero-order chi connectivity index (χ0) is 13.2. The Hall–Kier alpha value is -1.98. The molecular formula is C12H11F3N2O. The lowest BCUT2D eigenvalue weighted by molar-refractivity contribution is -0.137. The predicted molar refractivity (Wildman–Crippen MR) is 59.0 cm³/mol. The van der Waals surface area contributed by atoms with E-state index in [1.54, 1.807) is 24.1 Å². The molecule has 1 aromatic carbocycles. The van der Waals surface area contributed by atoms with Gasteiger partial charge >= 0.3 is 6.18 Å². The van der Waals surface area contributed by atoms with Crippen LogP contribution in [-0.4, -0.2) is 9.55 Å². The van der Waals surface area contributed by atoms with E-state index < -0.39 is 11.7 Å². The molecule has 0 N–H and O–H groups in total. The number of imidazole rings is 1. The Bertz CT molecular complexity index is 534.